The van der Waals surface area contributed by atoms with Crippen molar-refractivity contribution in [3.05, 3.63) is 0 Å². The van der Waals surface area contributed by atoms with Gasteiger partial charge in [0.1, 0.15) is 11.9 Å². The highest BCUT2D eigenvalue weighted by Crippen LogP contribution is 2.22. The van der Waals surface area contributed by atoms with Gasteiger partial charge < -0.3 is 19.3 Å². The minimum atomic E-state index is 0.0561. The average molecular weight is 847 g/mol. The van der Waals surface area contributed by atoms with E-state index in [9.17, 15) is 9.59 Å². The number of unbranched alkanes of at least 4 members (excludes halogenated alkanes) is 21. The van der Waals surface area contributed by atoms with Crippen LogP contribution in [-0.2, 0) is 19.1 Å². The maximum Gasteiger partial charge on any atom is 0.306 e. The van der Waals surface area contributed by atoms with E-state index in [1.54, 1.807) is 0 Å². The zero-order valence-electron chi connectivity index (χ0n) is 41.2. The Morgan fingerprint density at radius 3 is 1.55 bits per heavy atom. The van der Waals surface area contributed by atoms with Gasteiger partial charge in [0, 0.05) is 32.5 Å². The second kappa shape index (κ2) is 44.6. The van der Waals surface area contributed by atoms with Gasteiger partial charge in [-0.15, -0.1) is 0 Å². The molecule has 6 heteroatoms. The van der Waals surface area contributed by atoms with E-state index in [1.165, 1.54) is 225 Å². The van der Waals surface area contributed by atoms with Gasteiger partial charge in [0.05, 0.1) is 0 Å². The van der Waals surface area contributed by atoms with Crippen LogP contribution in [0.4, 0.5) is 0 Å². The molecule has 6 nitrogen and oxygen atoms in total. The van der Waals surface area contributed by atoms with Gasteiger partial charge in [-0.25, -0.2) is 0 Å². The number of nitrogens with zero attached hydrogens (tertiary/aromatic N) is 2. The van der Waals surface area contributed by atoms with Crippen LogP contribution in [0.3, 0.4) is 0 Å². The first-order valence-corrected chi connectivity index (χ1v) is 27.3. The summed E-state index contributed by atoms with van der Waals surface area (Å²) in [5.41, 5.74) is 0. The molecule has 0 amide bonds. The third-order valence-corrected chi connectivity index (χ3v) is 13.4. The number of ketones is 1. The van der Waals surface area contributed by atoms with Crippen molar-refractivity contribution in [2.45, 2.75) is 278 Å². The number of hydrogen-bond donors (Lipinski definition) is 0. The summed E-state index contributed by atoms with van der Waals surface area (Å²) >= 11 is 0. The highest BCUT2D eigenvalue weighted by atomic mass is 16.5. The molecule has 0 N–H and O–H groups in total. The van der Waals surface area contributed by atoms with Gasteiger partial charge in [0.2, 0.25) is 0 Å². The zero-order chi connectivity index (χ0) is 43.4. The molecule has 0 bridgehead atoms. The van der Waals surface area contributed by atoms with Crippen molar-refractivity contribution in [1.82, 2.24) is 9.80 Å². The monoisotopic (exact) mass is 847 g/mol. The Morgan fingerprint density at radius 2 is 0.950 bits per heavy atom. The molecule has 60 heavy (non-hydrogen) atoms. The maximum absolute atomic E-state index is 12.9. The van der Waals surface area contributed by atoms with E-state index in [1.807, 2.05) is 6.92 Å². The van der Waals surface area contributed by atoms with Gasteiger partial charge in [-0.3, -0.25) is 9.59 Å². The Labute approximate surface area is 375 Å². The van der Waals surface area contributed by atoms with Crippen molar-refractivity contribution in [3.8, 4) is 0 Å². The molecule has 1 saturated heterocycles. The van der Waals surface area contributed by atoms with Crippen molar-refractivity contribution >= 4 is 11.8 Å². The third kappa shape index (κ3) is 37.6. The Hall–Kier alpha value is -0.980. The minimum Gasteiger partial charge on any atom is -0.462 e. The Bertz CT molecular complexity index is 892. The number of carbonyl (C=O) groups excluding carboxylic acids is 2. The van der Waals surface area contributed by atoms with Crippen molar-refractivity contribution < 1.29 is 19.1 Å². The fourth-order valence-electron chi connectivity index (χ4n) is 9.29. The number of hydrogen-bond acceptors (Lipinski definition) is 6. The van der Waals surface area contributed by atoms with Crippen LogP contribution in [0, 0.1) is 5.92 Å². The van der Waals surface area contributed by atoms with Crippen LogP contribution in [-0.4, -0.2) is 80.1 Å². The van der Waals surface area contributed by atoms with E-state index in [0.717, 1.165) is 58.2 Å². The highest BCUT2D eigenvalue weighted by Gasteiger charge is 2.16. The van der Waals surface area contributed by atoms with Crippen LogP contribution in [0.2, 0.25) is 0 Å². The minimum absolute atomic E-state index is 0.0561. The second-order valence-corrected chi connectivity index (χ2v) is 19.2. The first kappa shape index (κ1) is 57.0. The quantitative estimate of drug-likeness (QED) is 0.0449. The summed E-state index contributed by atoms with van der Waals surface area (Å²) in [6.07, 6.45) is 46.3. The molecular formula is C54H106N2O4. The van der Waals surface area contributed by atoms with Gasteiger partial charge in [-0.1, -0.05) is 163 Å². The first-order chi connectivity index (χ1) is 29.5. The van der Waals surface area contributed by atoms with Crippen LogP contribution in [0.15, 0.2) is 0 Å². The first-order valence-electron chi connectivity index (χ1n) is 27.3. The molecule has 0 radical (unpaired) electrons. The van der Waals surface area contributed by atoms with Gasteiger partial charge >= 0.3 is 5.97 Å². The molecule has 1 fully saturated rings. The SMILES string of the molecule is CCCCCCCCC(CCCCCCCC)OC(=O)CCCCCCCN(CCCCCCCCOCCCC(CCCCC)CCC(=O)CC)CCCN1CCCC1. The second-order valence-electron chi connectivity index (χ2n) is 19.2. The molecule has 1 aliphatic heterocycles. The van der Waals surface area contributed by atoms with Crippen LogP contribution in [0.5, 0.6) is 0 Å². The van der Waals surface area contributed by atoms with E-state index in [-0.39, 0.29) is 12.1 Å². The largest absolute Gasteiger partial charge is 0.462 e. The fourth-order valence-corrected chi connectivity index (χ4v) is 9.29. The number of ether oxygens (including phenoxy) is 2. The molecule has 1 aliphatic rings. The fraction of sp³-hybridized carbons (Fsp3) is 0.963. The maximum atomic E-state index is 12.9. The molecule has 0 aromatic heterocycles. The smallest absolute Gasteiger partial charge is 0.306 e. The number of rotatable bonds is 48. The lowest BCUT2D eigenvalue weighted by molar-refractivity contribution is -0.150. The van der Waals surface area contributed by atoms with Crippen molar-refractivity contribution in [2.24, 2.45) is 5.92 Å². The normalized spacial score (nSPS) is 13.9. The van der Waals surface area contributed by atoms with E-state index in [4.69, 9.17) is 9.47 Å². The summed E-state index contributed by atoms with van der Waals surface area (Å²) in [7, 11) is 0. The Balaban J connectivity index is 2.24. The molecule has 0 aliphatic carbocycles. The number of carbonyl (C=O) groups is 2. The predicted molar refractivity (Wildman–Crippen MR) is 260 cm³/mol. The lowest BCUT2D eigenvalue weighted by atomic mass is 9.91. The topological polar surface area (TPSA) is 59.1 Å². The molecule has 356 valence electrons. The predicted octanol–water partition coefficient (Wildman–Crippen LogP) is 15.6. The summed E-state index contributed by atoms with van der Waals surface area (Å²) < 4.78 is 12.1. The molecule has 0 spiro atoms. The molecular weight excluding hydrogens is 741 g/mol. The standard InChI is InChI=1S/C54H106N2O4/c1-5-9-12-14-19-26-38-53(39-27-20-15-13-10-6-2)60-54(58)40-28-21-18-23-30-44-55(47-35-48-56-45-31-32-46-56)43-29-22-16-17-24-33-49-59-50-34-37-51(36-25-11-7-3)41-42-52(57)8-4/h51,53H,5-50H2,1-4H3. The molecule has 0 saturated carbocycles. The summed E-state index contributed by atoms with van der Waals surface area (Å²) in [5, 5.41) is 0. The van der Waals surface area contributed by atoms with Crippen LogP contribution in [0.25, 0.3) is 0 Å². The van der Waals surface area contributed by atoms with Crippen LogP contribution < -0.4 is 0 Å². The van der Waals surface area contributed by atoms with Gasteiger partial charge in [0.25, 0.3) is 0 Å². The molecule has 1 atom stereocenters. The van der Waals surface area contributed by atoms with Gasteiger partial charge in [0.15, 0.2) is 0 Å². The van der Waals surface area contributed by atoms with E-state index < -0.39 is 0 Å². The number of esters is 1. The zero-order valence-corrected chi connectivity index (χ0v) is 41.2. The Kier molecular flexibility index (Phi) is 42.4. The van der Waals surface area contributed by atoms with E-state index in [0.29, 0.717) is 24.5 Å². The number of Topliss-reactive ketones (excluding diaryl/α,β-unsaturated/α-hetero) is 1. The summed E-state index contributed by atoms with van der Waals surface area (Å²) in [5.74, 6) is 1.18. The van der Waals surface area contributed by atoms with E-state index in [2.05, 4.69) is 30.6 Å². The van der Waals surface area contributed by atoms with Gasteiger partial charge in [-0.05, 0) is 135 Å². The average Bonchev–Trinajstić information content (AvgIpc) is 3.78. The van der Waals surface area contributed by atoms with E-state index >= 15 is 0 Å². The van der Waals surface area contributed by atoms with Gasteiger partial charge in [-0.2, -0.15) is 0 Å². The number of likely N-dealkylation sites (tertiary alicyclic amines) is 1. The van der Waals surface area contributed by atoms with Crippen molar-refractivity contribution in [3.63, 3.8) is 0 Å². The molecule has 1 unspecified atom stereocenters. The highest BCUT2D eigenvalue weighted by molar-refractivity contribution is 5.77. The van der Waals surface area contributed by atoms with Crippen LogP contribution >= 0.6 is 0 Å². The Morgan fingerprint density at radius 1 is 0.483 bits per heavy atom. The lowest BCUT2D eigenvalue weighted by Crippen LogP contribution is -2.30. The molecule has 1 rings (SSSR count). The van der Waals surface area contributed by atoms with Crippen LogP contribution in [0.1, 0.15) is 272 Å². The third-order valence-electron chi connectivity index (χ3n) is 13.4. The molecule has 0 aromatic carbocycles. The summed E-state index contributed by atoms with van der Waals surface area (Å²) in [6.45, 7) is 18.2. The molecule has 0 aromatic rings. The molecule has 1 heterocycles. The van der Waals surface area contributed by atoms with Crippen molar-refractivity contribution in [1.29, 1.82) is 0 Å². The summed E-state index contributed by atoms with van der Waals surface area (Å²) in [6, 6.07) is 0. The summed E-state index contributed by atoms with van der Waals surface area (Å²) in [4.78, 5) is 30.2. The lowest BCUT2D eigenvalue weighted by Gasteiger charge is -2.24. The van der Waals surface area contributed by atoms with Crippen molar-refractivity contribution in [2.75, 3.05) is 52.5 Å².